The van der Waals surface area contributed by atoms with Crippen LogP contribution in [-0.4, -0.2) is 36.2 Å². The van der Waals surface area contributed by atoms with Crippen molar-refractivity contribution in [3.63, 3.8) is 0 Å². The number of sulfonamides is 1. The third-order valence-corrected chi connectivity index (χ3v) is 7.69. The van der Waals surface area contributed by atoms with E-state index in [0.717, 1.165) is 28.4 Å². The highest BCUT2D eigenvalue weighted by atomic mass is 32.2. The molecule has 9 heteroatoms. The molecule has 0 radical (unpaired) electrons. The molecule has 4 rings (SSSR count). The zero-order valence-corrected chi connectivity index (χ0v) is 17.8. The molecule has 2 heterocycles. The number of halogens is 1. The molecule has 6 nitrogen and oxygen atoms in total. The average Bonchev–Trinajstić information content (AvgIpc) is 3.38. The van der Waals surface area contributed by atoms with E-state index in [4.69, 9.17) is 0 Å². The van der Waals surface area contributed by atoms with E-state index in [9.17, 15) is 17.6 Å². The van der Waals surface area contributed by atoms with Gasteiger partial charge in [0.1, 0.15) is 11.9 Å². The van der Waals surface area contributed by atoms with E-state index in [1.807, 2.05) is 24.4 Å². The molecule has 1 fully saturated rings. The molecule has 1 saturated heterocycles. The molecule has 2 aromatic carbocycles. The second-order valence-electron chi connectivity index (χ2n) is 7.05. The first-order chi connectivity index (χ1) is 14.3. The number of anilines is 1. The normalized spacial score (nSPS) is 17.2. The van der Waals surface area contributed by atoms with Crippen LogP contribution in [0.15, 0.2) is 58.8 Å². The summed E-state index contributed by atoms with van der Waals surface area (Å²) < 4.78 is 40.2. The van der Waals surface area contributed by atoms with Gasteiger partial charge in [0.15, 0.2) is 0 Å². The molecule has 0 spiro atoms. The van der Waals surface area contributed by atoms with Crippen molar-refractivity contribution in [3.05, 3.63) is 64.7 Å². The Morgan fingerprint density at radius 2 is 1.87 bits per heavy atom. The monoisotopic (exact) mass is 445 g/mol. The van der Waals surface area contributed by atoms with Gasteiger partial charge in [-0.1, -0.05) is 12.1 Å². The first-order valence-electron chi connectivity index (χ1n) is 9.45. The molecule has 1 aliphatic heterocycles. The SMILES string of the molecule is Cc1nc(-c2ccc(NC(=O)[C@@H]3CCCN3S(=O)(=O)c3ccc(F)cc3)cc2)cs1. The third-order valence-electron chi connectivity index (χ3n) is 4.99. The quantitative estimate of drug-likeness (QED) is 0.643. The van der Waals surface area contributed by atoms with Gasteiger partial charge in [0, 0.05) is 23.2 Å². The lowest BCUT2D eigenvalue weighted by molar-refractivity contribution is -0.119. The predicted octanol–water partition coefficient (Wildman–Crippen LogP) is 4.05. The number of rotatable bonds is 5. The molecule has 156 valence electrons. The minimum Gasteiger partial charge on any atom is -0.325 e. The van der Waals surface area contributed by atoms with E-state index in [0.29, 0.717) is 18.5 Å². The van der Waals surface area contributed by atoms with Crippen molar-refractivity contribution in [2.24, 2.45) is 0 Å². The molecule has 1 aliphatic rings. The highest BCUT2D eigenvalue weighted by Crippen LogP contribution is 2.28. The van der Waals surface area contributed by atoms with E-state index in [1.54, 1.807) is 23.5 Å². The summed E-state index contributed by atoms with van der Waals surface area (Å²) in [7, 11) is -3.88. The number of amides is 1. The number of carbonyl (C=O) groups is 1. The van der Waals surface area contributed by atoms with Gasteiger partial charge in [-0.05, 0) is 56.2 Å². The molecule has 1 aromatic heterocycles. The van der Waals surface area contributed by atoms with E-state index < -0.39 is 21.9 Å². The lowest BCUT2D eigenvalue weighted by Crippen LogP contribution is -2.43. The molecular formula is C21H20FN3O3S2. The van der Waals surface area contributed by atoms with Crippen LogP contribution in [0.25, 0.3) is 11.3 Å². The third kappa shape index (κ3) is 4.14. The Bertz CT molecular complexity index is 1160. The van der Waals surface area contributed by atoms with Crippen molar-refractivity contribution in [1.29, 1.82) is 0 Å². The van der Waals surface area contributed by atoms with Crippen LogP contribution >= 0.6 is 11.3 Å². The smallest absolute Gasteiger partial charge is 0.243 e. The second kappa shape index (κ2) is 8.25. The fraction of sp³-hybridized carbons (Fsp3) is 0.238. The van der Waals surface area contributed by atoms with E-state index in [1.165, 1.54) is 16.4 Å². The number of carbonyl (C=O) groups excluding carboxylic acids is 1. The molecule has 0 saturated carbocycles. The number of aryl methyl sites for hydroxylation is 1. The van der Waals surface area contributed by atoms with Crippen molar-refractivity contribution in [1.82, 2.24) is 9.29 Å². The number of thiazole rings is 1. The predicted molar refractivity (Wildman–Crippen MR) is 114 cm³/mol. The maximum absolute atomic E-state index is 13.2. The summed E-state index contributed by atoms with van der Waals surface area (Å²) in [4.78, 5) is 17.2. The molecule has 30 heavy (non-hydrogen) atoms. The Hall–Kier alpha value is -2.62. The lowest BCUT2D eigenvalue weighted by atomic mass is 10.1. The molecule has 0 aliphatic carbocycles. The van der Waals surface area contributed by atoms with Crippen LogP contribution in [0.2, 0.25) is 0 Å². The van der Waals surface area contributed by atoms with Gasteiger partial charge >= 0.3 is 0 Å². The summed E-state index contributed by atoms with van der Waals surface area (Å²) in [6.07, 6.45) is 1.02. The minimum absolute atomic E-state index is 0.0218. The largest absolute Gasteiger partial charge is 0.325 e. The summed E-state index contributed by atoms with van der Waals surface area (Å²) in [5.41, 5.74) is 2.41. The van der Waals surface area contributed by atoms with Gasteiger partial charge in [-0.3, -0.25) is 4.79 Å². The second-order valence-corrected chi connectivity index (χ2v) is 10.00. The highest BCUT2D eigenvalue weighted by Gasteiger charge is 2.39. The first kappa shape index (κ1) is 20.6. The summed E-state index contributed by atoms with van der Waals surface area (Å²) in [6.45, 7) is 2.19. The van der Waals surface area contributed by atoms with Gasteiger partial charge in [-0.15, -0.1) is 11.3 Å². The molecular weight excluding hydrogens is 425 g/mol. The topological polar surface area (TPSA) is 79.4 Å². The van der Waals surface area contributed by atoms with Crippen LogP contribution < -0.4 is 5.32 Å². The van der Waals surface area contributed by atoms with E-state index >= 15 is 0 Å². The van der Waals surface area contributed by atoms with Gasteiger partial charge in [0.2, 0.25) is 15.9 Å². The zero-order chi connectivity index (χ0) is 21.3. The molecule has 3 aromatic rings. The Kier molecular flexibility index (Phi) is 5.68. The molecule has 1 amide bonds. The van der Waals surface area contributed by atoms with Crippen LogP contribution in [0.3, 0.4) is 0 Å². The van der Waals surface area contributed by atoms with Crippen molar-refractivity contribution in [2.45, 2.75) is 30.7 Å². The standard InChI is InChI=1S/C21H20FN3O3S2/c1-14-23-19(13-29-14)15-4-8-17(9-5-15)24-21(26)20-3-2-12-25(20)30(27,28)18-10-6-16(22)7-11-18/h4-11,13,20H,2-3,12H2,1H3,(H,24,26)/t20-/m0/s1. The summed E-state index contributed by atoms with van der Waals surface area (Å²) in [6, 6.07) is 11.1. The Balaban J connectivity index is 1.49. The highest BCUT2D eigenvalue weighted by molar-refractivity contribution is 7.89. The number of nitrogens with one attached hydrogen (secondary N) is 1. The van der Waals surface area contributed by atoms with Crippen LogP contribution in [0.5, 0.6) is 0 Å². The van der Waals surface area contributed by atoms with E-state index in [-0.39, 0.29) is 17.3 Å². The van der Waals surface area contributed by atoms with Crippen LogP contribution in [0.4, 0.5) is 10.1 Å². The van der Waals surface area contributed by atoms with Crippen molar-refractivity contribution < 1.29 is 17.6 Å². The number of benzene rings is 2. The van der Waals surface area contributed by atoms with Crippen molar-refractivity contribution in [3.8, 4) is 11.3 Å². The average molecular weight is 446 g/mol. The number of nitrogens with zero attached hydrogens (tertiary/aromatic N) is 2. The Morgan fingerprint density at radius 3 is 2.50 bits per heavy atom. The maximum Gasteiger partial charge on any atom is 0.243 e. The number of hydrogen-bond donors (Lipinski definition) is 1. The van der Waals surface area contributed by atoms with Gasteiger partial charge in [-0.2, -0.15) is 4.31 Å². The molecule has 1 N–H and O–H groups in total. The summed E-state index contributed by atoms with van der Waals surface area (Å²) in [5.74, 6) is -0.892. The van der Waals surface area contributed by atoms with E-state index in [2.05, 4.69) is 10.3 Å². The fourth-order valence-electron chi connectivity index (χ4n) is 3.48. The van der Waals surface area contributed by atoms with Gasteiger partial charge in [0.25, 0.3) is 0 Å². The zero-order valence-electron chi connectivity index (χ0n) is 16.2. The Morgan fingerprint density at radius 1 is 1.17 bits per heavy atom. The molecule has 0 bridgehead atoms. The Labute approximate surface area is 178 Å². The maximum atomic E-state index is 13.2. The minimum atomic E-state index is -3.88. The van der Waals surface area contributed by atoms with Crippen molar-refractivity contribution >= 4 is 33.0 Å². The van der Waals surface area contributed by atoms with Gasteiger partial charge in [-0.25, -0.2) is 17.8 Å². The van der Waals surface area contributed by atoms with Crippen LogP contribution in [-0.2, 0) is 14.8 Å². The van der Waals surface area contributed by atoms with Crippen molar-refractivity contribution in [2.75, 3.05) is 11.9 Å². The fourth-order valence-corrected chi connectivity index (χ4v) is 5.76. The first-order valence-corrected chi connectivity index (χ1v) is 11.8. The van der Waals surface area contributed by atoms with Gasteiger partial charge in [0.05, 0.1) is 15.6 Å². The lowest BCUT2D eigenvalue weighted by Gasteiger charge is -2.23. The number of aromatic nitrogens is 1. The molecule has 1 atom stereocenters. The van der Waals surface area contributed by atoms with Crippen LogP contribution in [0.1, 0.15) is 17.8 Å². The summed E-state index contributed by atoms with van der Waals surface area (Å²) >= 11 is 1.57. The molecule has 0 unspecified atom stereocenters. The summed E-state index contributed by atoms with van der Waals surface area (Å²) in [5, 5.41) is 5.76. The van der Waals surface area contributed by atoms with Crippen LogP contribution in [0, 0.1) is 12.7 Å². The van der Waals surface area contributed by atoms with Gasteiger partial charge < -0.3 is 5.32 Å². The number of hydrogen-bond acceptors (Lipinski definition) is 5.